The van der Waals surface area contributed by atoms with E-state index in [1.165, 1.54) is 0 Å². The van der Waals surface area contributed by atoms with Crippen molar-refractivity contribution < 1.29 is 9.21 Å². The lowest BCUT2D eigenvalue weighted by Gasteiger charge is -1.93. The Labute approximate surface area is 95.6 Å². The van der Waals surface area contributed by atoms with Crippen LogP contribution in [0, 0.1) is 0 Å². The summed E-state index contributed by atoms with van der Waals surface area (Å²) in [6, 6.07) is 5.73. The Bertz CT molecular complexity index is 504. The van der Waals surface area contributed by atoms with Gasteiger partial charge >= 0.3 is 0 Å². The summed E-state index contributed by atoms with van der Waals surface area (Å²) < 4.78 is 5.37. The fourth-order valence-corrected chi connectivity index (χ4v) is 1.71. The number of nitrogens with zero attached hydrogens (tertiary/aromatic N) is 1. The number of fused-ring (bicyclic) bond motifs is 1. The first-order valence-corrected chi connectivity index (χ1v) is 5.86. The summed E-state index contributed by atoms with van der Waals surface area (Å²) in [5, 5.41) is 0.237. The van der Waals surface area contributed by atoms with Gasteiger partial charge in [-0.05, 0) is 18.1 Å². The third-order valence-corrected chi connectivity index (χ3v) is 2.75. The number of hydrogen-bond acceptors (Lipinski definition) is 3. The molecule has 1 aromatic heterocycles. The summed E-state index contributed by atoms with van der Waals surface area (Å²) in [5.41, 5.74) is 2.58. The number of para-hydroxylation sites is 1. The van der Waals surface area contributed by atoms with Crippen molar-refractivity contribution in [3.05, 3.63) is 29.7 Å². The van der Waals surface area contributed by atoms with Gasteiger partial charge in [0, 0.05) is 0 Å². The molecule has 78 valence electrons. The standard InChI is InChI=1S/C11H10BrNO2/c1-2-7-4-3-5-9-10(7)13-11(15-9)8(14)6-12/h3-5H,2,6H2,1H3. The van der Waals surface area contributed by atoms with Crippen LogP contribution in [-0.2, 0) is 6.42 Å². The molecule has 0 unspecified atom stereocenters. The molecule has 0 N–H and O–H groups in total. The summed E-state index contributed by atoms with van der Waals surface area (Å²) in [4.78, 5) is 15.6. The summed E-state index contributed by atoms with van der Waals surface area (Å²) >= 11 is 3.09. The average molecular weight is 268 g/mol. The average Bonchev–Trinajstić information content (AvgIpc) is 2.71. The fourth-order valence-electron chi connectivity index (χ4n) is 1.47. The molecule has 0 aliphatic heterocycles. The Kier molecular flexibility index (Phi) is 2.86. The van der Waals surface area contributed by atoms with Gasteiger partial charge < -0.3 is 4.42 Å². The van der Waals surface area contributed by atoms with Crippen LogP contribution in [0.25, 0.3) is 11.1 Å². The molecular formula is C11H10BrNO2. The third kappa shape index (κ3) is 1.81. The molecule has 0 aliphatic rings. The maximum Gasteiger partial charge on any atom is 0.265 e. The second kappa shape index (κ2) is 4.14. The minimum atomic E-state index is -0.131. The van der Waals surface area contributed by atoms with Crippen LogP contribution in [0.15, 0.2) is 22.6 Å². The number of halogens is 1. The molecule has 1 aromatic carbocycles. The zero-order valence-corrected chi connectivity index (χ0v) is 9.87. The van der Waals surface area contributed by atoms with E-state index >= 15 is 0 Å². The molecule has 0 bridgehead atoms. The van der Waals surface area contributed by atoms with Crippen molar-refractivity contribution in [2.75, 3.05) is 5.33 Å². The Morgan fingerprint density at radius 3 is 3.00 bits per heavy atom. The van der Waals surface area contributed by atoms with Gasteiger partial charge in [-0.3, -0.25) is 4.79 Å². The minimum absolute atomic E-state index is 0.131. The van der Waals surface area contributed by atoms with Gasteiger partial charge in [-0.1, -0.05) is 35.0 Å². The Morgan fingerprint density at radius 2 is 2.33 bits per heavy atom. The van der Waals surface area contributed by atoms with Crippen LogP contribution in [0.2, 0.25) is 0 Å². The first kappa shape index (κ1) is 10.4. The molecule has 0 spiro atoms. The van der Waals surface area contributed by atoms with Crippen molar-refractivity contribution in [1.82, 2.24) is 4.98 Å². The number of carbonyl (C=O) groups excluding carboxylic acids is 1. The molecule has 2 aromatic rings. The van der Waals surface area contributed by atoms with Crippen molar-refractivity contribution in [3.8, 4) is 0 Å². The first-order valence-electron chi connectivity index (χ1n) is 4.74. The minimum Gasteiger partial charge on any atom is -0.434 e. The number of Topliss-reactive ketones (excluding diaryl/α,β-unsaturated/α-hetero) is 1. The number of alkyl halides is 1. The molecule has 2 rings (SSSR count). The predicted molar refractivity (Wildman–Crippen MR) is 61.5 cm³/mol. The highest BCUT2D eigenvalue weighted by Crippen LogP contribution is 2.20. The topological polar surface area (TPSA) is 43.1 Å². The summed E-state index contributed by atoms with van der Waals surface area (Å²) in [5.74, 6) is 0.0519. The van der Waals surface area contributed by atoms with E-state index in [1.807, 2.05) is 18.2 Å². The van der Waals surface area contributed by atoms with E-state index in [4.69, 9.17) is 4.42 Å². The van der Waals surface area contributed by atoms with Gasteiger partial charge in [0.05, 0.1) is 5.33 Å². The van der Waals surface area contributed by atoms with Crippen LogP contribution in [0.4, 0.5) is 0 Å². The monoisotopic (exact) mass is 267 g/mol. The summed E-state index contributed by atoms with van der Waals surface area (Å²) in [6.45, 7) is 2.05. The van der Waals surface area contributed by atoms with Crippen LogP contribution in [-0.4, -0.2) is 16.1 Å². The van der Waals surface area contributed by atoms with E-state index in [1.54, 1.807) is 0 Å². The smallest absolute Gasteiger partial charge is 0.265 e. The lowest BCUT2D eigenvalue weighted by atomic mass is 10.1. The van der Waals surface area contributed by atoms with Crippen LogP contribution in [0.3, 0.4) is 0 Å². The molecule has 3 nitrogen and oxygen atoms in total. The van der Waals surface area contributed by atoms with Gasteiger partial charge in [-0.25, -0.2) is 4.98 Å². The van der Waals surface area contributed by atoms with Crippen molar-refractivity contribution in [3.63, 3.8) is 0 Å². The number of aryl methyl sites for hydroxylation is 1. The van der Waals surface area contributed by atoms with Crippen LogP contribution in [0.1, 0.15) is 23.2 Å². The normalized spacial score (nSPS) is 10.8. The van der Waals surface area contributed by atoms with Crippen LogP contribution < -0.4 is 0 Å². The zero-order chi connectivity index (χ0) is 10.8. The summed E-state index contributed by atoms with van der Waals surface area (Å²) in [7, 11) is 0. The van der Waals surface area contributed by atoms with Crippen LogP contribution in [0.5, 0.6) is 0 Å². The number of benzene rings is 1. The fraction of sp³-hybridized carbons (Fsp3) is 0.273. The van der Waals surface area contributed by atoms with Crippen molar-refractivity contribution in [1.29, 1.82) is 0 Å². The Morgan fingerprint density at radius 1 is 1.53 bits per heavy atom. The van der Waals surface area contributed by atoms with E-state index in [-0.39, 0.29) is 17.0 Å². The van der Waals surface area contributed by atoms with Gasteiger partial charge in [0.25, 0.3) is 5.89 Å². The van der Waals surface area contributed by atoms with Crippen molar-refractivity contribution in [2.45, 2.75) is 13.3 Å². The lowest BCUT2D eigenvalue weighted by molar-refractivity contribution is 0.0989. The number of hydrogen-bond donors (Lipinski definition) is 0. The first-order chi connectivity index (χ1) is 7.26. The molecule has 4 heteroatoms. The lowest BCUT2D eigenvalue weighted by Crippen LogP contribution is -1.99. The van der Waals surface area contributed by atoms with Gasteiger partial charge in [0.15, 0.2) is 5.58 Å². The second-order valence-electron chi connectivity index (χ2n) is 3.19. The Balaban J connectivity index is 2.60. The quantitative estimate of drug-likeness (QED) is 0.635. The van der Waals surface area contributed by atoms with E-state index in [2.05, 4.69) is 27.8 Å². The van der Waals surface area contributed by atoms with E-state index < -0.39 is 0 Å². The van der Waals surface area contributed by atoms with Gasteiger partial charge in [0.1, 0.15) is 5.52 Å². The Hall–Kier alpha value is -1.16. The van der Waals surface area contributed by atoms with Gasteiger partial charge in [0.2, 0.25) is 5.78 Å². The largest absolute Gasteiger partial charge is 0.434 e. The third-order valence-electron chi connectivity index (χ3n) is 2.24. The molecule has 0 radical (unpaired) electrons. The van der Waals surface area contributed by atoms with E-state index in [9.17, 15) is 4.79 Å². The number of rotatable bonds is 3. The molecule has 0 aliphatic carbocycles. The molecule has 0 saturated heterocycles. The zero-order valence-electron chi connectivity index (χ0n) is 8.29. The molecule has 0 saturated carbocycles. The number of ketones is 1. The number of oxazole rings is 1. The SMILES string of the molecule is CCc1cccc2oc(C(=O)CBr)nc12. The molecule has 0 atom stereocenters. The highest BCUT2D eigenvalue weighted by molar-refractivity contribution is 9.09. The molecule has 0 amide bonds. The number of carbonyl (C=O) groups is 1. The van der Waals surface area contributed by atoms with Gasteiger partial charge in [-0.15, -0.1) is 0 Å². The van der Waals surface area contributed by atoms with Crippen LogP contribution >= 0.6 is 15.9 Å². The molecular weight excluding hydrogens is 258 g/mol. The molecule has 15 heavy (non-hydrogen) atoms. The maximum absolute atomic E-state index is 11.4. The van der Waals surface area contributed by atoms with E-state index in [0.717, 1.165) is 17.5 Å². The second-order valence-corrected chi connectivity index (χ2v) is 3.75. The summed E-state index contributed by atoms with van der Waals surface area (Å²) in [6.07, 6.45) is 0.881. The highest BCUT2D eigenvalue weighted by atomic mass is 79.9. The maximum atomic E-state index is 11.4. The van der Waals surface area contributed by atoms with E-state index in [0.29, 0.717) is 5.58 Å². The molecule has 1 heterocycles. The highest BCUT2D eigenvalue weighted by Gasteiger charge is 2.14. The van der Waals surface area contributed by atoms with Crippen molar-refractivity contribution in [2.24, 2.45) is 0 Å². The van der Waals surface area contributed by atoms with Gasteiger partial charge in [-0.2, -0.15) is 0 Å². The predicted octanol–water partition coefficient (Wildman–Crippen LogP) is 2.97. The molecule has 0 fully saturated rings. The number of aromatic nitrogens is 1. The van der Waals surface area contributed by atoms with Crippen molar-refractivity contribution >= 4 is 32.8 Å².